The number of ketones is 1. The monoisotopic (exact) mass is 169 g/mol. The first-order valence-corrected chi connectivity index (χ1v) is 4.92. The molecule has 1 fully saturated rings. The van der Waals surface area contributed by atoms with Gasteiger partial charge in [-0.1, -0.05) is 12.8 Å². The maximum atomic E-state index is 10.9. The van der Waals surface area contributed by atoms with Crippen molar-refractivity contribution in [3.63, 3.8) is 0 Å². The summed E-state index contributed by atoms with van der Waals surface area (Å²) in [6, 6.07) is 0. The molecule has 2 atom stereocenters. The lowest BCUT2D eigenvalue weighted by Gasteiger charge is -2.27. The van der Waals surface area contributed by atoms with Crippen molar-refractivity contribution in [1.29, 1.82) is 0 Å². The molecule has 0 radical (unpaired) electrons. The van der Waals surface area contributed by atoms with Crippen LogP contribution in [0.2, 0.25) is 0 Å². The van der Waals surface area contributed by atoms with Crippen LogP contribution in [0.3, 0.4) is 0 Å². The van der Waals surface area contributed by atoms with E-state index in [1.54, 1.807) is 6.92 Å². The Labute approximate surface area is 74.5 Å². The Morgan fingerprint density at radius 1 is 1.42 bits per heavy atom. The van der Waals surface area contributed by atoms with E-state index < -0.39 is 0 Å². The summed E-state index contributed by atoms with van der Waals surface area (Å²) in [4.78, 5) is 10.9. The van der Waals surface area contributed by atoms with E-state index in [0.717, 1.165) is 13.0 Å². The summed E-state index contributed by atoms with van der Waals surface area (Å²) < 4.78 is 0. The quantitative estimate of drug-likeness (QED) is 0.699. The van der Waals surface area contributed by atoms with Gasteiger partial charge < -0.3 is 10.5 Å². The van der Waals surface area contributed by atoms with Gasteiger partial charge in [0.25, 0.3) is 0 Å². The zero-order chi connectivity index (χ0) is 8.97. The number of nitrogens with two attached hydrogens (primary N) is 1. The highest BCUT2D eigenvalue weighted by Gasteiger charge is 2.21. The number of carbonyl (C=O) groups excluding carboxylic acids is 1. The van der Waals surface area contributed by atoms with E-state index in [2.05, 4.69) is 0 Å². The third-order valence-electron chi connectivity index (χ3n) is 2.80. The second-order valence-electron chi connectivity index (χ2n) is 4.04. The summed E-state index contributed by atoms with van der Waals surface area (Å²) in [5.41, 5.74) is 5.61. The third kappa shape index (κ3) is 2.94. The lowest BCUT2D eigenvalue weighted by Crippen LogP contribution is -2.23. The minimum Gasteiger partial charge on any atom is -0.330 e. The zero-order valence-corrected chi connectivity index (χ0v) is 7.88. The normalized spacial score (nSPS) is 30.2. The minimum atomic E-state index is 0.331. The van der Waals surface area contributed by atoms with E-state index >= 15 is 0 Å². The van der Waals surface area contributed by atoms with Crippen LogP contribution in [-0.2, 0) is 4.79 Å². The molecule has 0 saturated heterocycles. The molecule has 70 valence electrons. The van der Waals surface area contributed by atoms with Crippen molar-refractivity contribution in [1.82, 2.24) is 0 Å². The van der Waals surface area contributed by atoms with Crippen LogP contribution in [0.4, 0.5) is 0 Å². The van der Waals surface area contributed by atoms with Crippen LogP contribution in [0.5, 0.6) is 0 Å². The highest BCUT2D eigenvalue weighted by atomic mass is 16.1. The molecule has 1 rings (SSSR count). The van der Waals surface area contributed by atoms with Gasteiger partial charge in [0.2, 0.25) is 0 Å². The molecule has 0 unspecified atom stereocenters. The van der Waals surface area contributed by atoms with E-state index in [9.17, 15) is 4.79 Å². The van der Waals surface area contributed by atoms with Crippen LogP contribution in [0, 0.1) is 11.8 Å². The van der Waals surface area contributed by atoms with E-state index in [-0.39, 0.29) is 0 Å². The van der Waals surface area contributed by atoms with Crippen molar-refractivity contribution in [3.05, 3.63) is 0 Å². The molecule has 0 spiro atoms. The first kappa shape index (κ1) is 9.72. The fraction of sp³-hybridized carbons (Fsp3) is 0.900. The molecular formula is C10H19NO. The fourth-order valence-corrected chi connectivity index (χ4v) is 2.21. The van der Waals surface area contributed by atoms with Gasteiger partial charge in [-0.3, -0.25) is 0 Å². The molecule has 0 aliphatic heterocycles. The van der Waals surface area contributed by atoms with Crippen LogP contribution in [0.1, 0.15) is 39.0 Å². The van der Waals surface area contributed by atoms with Gasteiger partial charge in [-0.05, 0) is 38.1 Å². The Bertz CT molecular complexity index is 156. The molecule has 1 saturated carbocycles. The summed E-state index contributed by atoms with van der Waals surface area (Å²) >= 11 is 0. The van der Waals surface area contributed by atoms with E-state index in [0.29, 0.717) is 17.6 Å². The molecule has 2 N–H and O–H groups in total. The lowest BCUT2D eigenvalue weighted by atomic mass is 9.79. The molecule has 0 aromatic rings. The van der Waals surface area contributed by atoms with Crippen LogP contribution in [0.25, 0.3) is 0 Å². The van der Waals surface area contributed by atoms with Crippen molar-refractivity contribution in [3.8, 4) is 0 Å². The molecule has 0 aromatic carbocycles. The zero-order valence-electron chi connectivity index (χ0n) is 7.88. The van der Waals surface area contributed by atoms with Crippen molar-refractivity contribution >= 4 is 5.78 Å². The standard InChI is InChI=1S/C10H19NO/c1-8(12)5-9-3-2-4-10(6-9)7-11/h9-10H,2-7,11H2,1H3/t9-,10-/m0/s1. The maximum Gasteiger partial charge on any atom is 0.130 e. The SMILES string of the molecule is CC(=O)C[C@@H]1CCC[C@H](CN)C1. The second-order valence-corrected chi connectivity index (χ2v) is 4.04. The first-order valence-electron chi connectivity index (χ1n) is 4.92. The van der Waals surface area contributed by atoms with E-state index in [4.69, 9.17) is 5.73 Å². The predicted octanol–water partition coefficient (Wildman–Crippen LogP) is 1.73. The summed E-state index contributed by atoms with van der Waals surface area (Å²) in [5.74, 6) is 1.64. The van der Waals surface area contributed by atoms with Crippen LogP contribution in [-0.4, -0.2) is 12.3 Å². The number of Topliss-reactive ketones (excluding diaryl/α,β-unsaturated/α-hetero) is 1. The van der Waals surface area contributed by atoms with Crippen molar-refractivity contribution in [2.24, 2.45) is 17.6 Å². The Balaban J connectivity index is 2.30. The molecule has 2 heteroatoms. The Morgan fingerprint density at radius 2 is 2.08 bits per heavy atom. The maximum absolute atomic E-state index is 10.9. The van der Waals surface area contributed by atoms with Gasteiger partial charge in [-0.25, -0.2) is 0 Å². The highest BCUT2D eigenvalue weighted by molar-refractivity contribution is 5.75. The number of carbonyl (C=O) groups is 1. The predicted molar refractivity (Wildman–Crippen MR) is 49.8 cm³/mol. The molecule has 1 aliphatic carbocycles. The van der Waals surface area contributed by atoms with Crippen molar-refractivity contribution < 1.29 is 4.79 Å². The fourth-order valence-electron chi connectivity index (χ4n) is 2.21. The molecule has 0 aromatic heterocycles. The topological polar surface area (TPSA) is 43.1 Å². The summed E-state index contributed by atoms with van der Waals surface area (Å²) in [6.07, 6.45) is 5.72. The summed E-state index contributed by atoms with van der Waals surface area (Å²) in [5, 5.41) is 0. The highest BCUT2D eigenvalue weighted by Crippen LogP contribution is 2.30. The lowest BCUT2D eigenvalue weighted by molar-refractivity contribution is -0.118. The van der Waals surface area contributed by atoms with Gasteiger partial charge in [0.05, 0.1) is 0 Å². The Morgan fingerprint density at radius 3 is 2.67 bits per heavy atom. The van der Waals surface area contributed by atoms with Gasteiger partial charge in [0, 0.05) is 6.42 Å². The first-order chi connectivity index (χ1) is 5.72. The minimum absolute atomic E-state index is 0.331. The van der Waals surface area contributed by atoms with Gasteiger partial charge in [-0.15, -0.1) is 0 Å². The largest absolute Gasteiger partial charge is 0.330 e. The number of hydrogen-bond acceptors (Lipinski definition) is 2. The molecule has 0 bridgehead atoms. The van der Waals surface area contributed by atoms with Gasteiger partial charge in [-0.2, -0.15) is 0 Å². The van der Waals surface area contributed by atoms with Crippen LogP contribution >= 0.6 is 0 Å². The summed E-state index contributed by atoms with van der Waals surface area (Å²) in [7, 11) is 0. The number of hydrogen-bond donors (Lipinski definition) is 1. The molecule has 2 nitrogen and oxygen atoms in total. The van der Waals surface area contributed by atoms with E-state index in [1.165, 1.54) is 25.7 Å². The van der Waals surface area contributed by atoms with Gasteiger partial charge in [0.15, 0.2) is 0 Å². The van der Waals surface area contributed by atoms with Crippen molar-refractivity contribution in [2.45, 2.75) is 39.0 Å². The third-order valence-corrected chi connectivity index (χ3v) is 2.80. The van der Waals surface area contributed by atoms with Crippen LogP contribution in [0.15, 0.2) is 0 Å². The second kappa shape index (κ2) is 4.61. The Hall–Kier alpha value is -0.370. The molecule has 0 heterocycles. The van der Waals surface area contributed by atoms with Crippen molar-refractivity contribution in [2.75, 3.05) is 6.54 Å². The van der Waals surface area contributed by atoms with Gasteiger partial charge >= 0.3 is 0 Å². The summed E-state index contributed by atoms with van der Waals surface area (Å²) in [6.45, 7) is 2.49. The average Bonchev–Trinajstić information content (AvgIpc) is 2.03. The number of rotatable bonds is 3. The Kier molecular flexibility index (Phi) is 3.73. The molecule has 1 aliphatic rings. The van der Waals surface area contributed by atoms with Gasteiger partial charge in [0.1, 0.15) is 5.78 Å². The van der Waals surface area contributed by atoms with Crippen LogP contribution < -0.4 is 5.73 Å². The molecule has 0 amide bonds. The average molecular weight is 169 g/mol. The molecular weight excluding hydrogens is 150 g/mol. The smallest absolute Gasteiger partial charge is 0.130 e. The molecule has 12 heavy (non-hydrogen) atoms. The van der Waals surface area contributed by atoms with E-state index in [1.807, 2.05) is 0 Å².